The molecule has 0 fully saturated rings. The summed E-state index contributed by atoms with van der Waals surface area (Å²) in [6, 6.07) is 10.2. The Morgan fingerprint density at radius 3 is 2.48 bits per heavy atom. The van der Waals surface area contributed by atoms with Crippen molar-refractivity contribution in [2.45, 2.75) is 13.8 Å². The zero-order valence-electron chi connectivity index (χ0n) is 12.2. The summed E-state index contributed by atoms with van der Waals surface area (Å²) in [5.74, 6) is -0.0410. The third-order valence-corrected chi connectivity index (χ3v) is 3.29. The van der Waals surface area contributed by atoms with E-state index in [4.69, 9.17) is 9.47 Å². The van der Waals surface area contributed by atoms with Crippen molar-refractivity contribution in [1.29, 1.82) is 0 Å². The van der Waals surface area contributed by atoms with Gasteiger partial charge in [0.25, 0.3) is 0 Å². The highest BCUT2D eigenvalue weighted by Crippen LogP contribution is 2.30. The molecule has 0 aliphatic carbocycles. The van der Waals surface area contributed by atoms with Gasteiger partial charge in [0, 0.05) is 0 Å². The van der Waals surface area contributed by atoms with Gasteiger partial charge >= 0.3 is 5.97 Å². The van der Waals surface area contributed by atoms with Crippen LogP contribution in [-0.2, 0) is 0 Å². The first-order valence-corrected chi connectivity index (χ1v) is 6.48. The number of esters is 1. The van der Waals surface area contributed by atoms with E-state index in [9.17, 15) is 9.59 Å². The minimum absolute atomic E-state index is 0.137. The van der Waals surface area contributed by atoms with E-state index in [1.54, 1.807) is 30.3 Å². The smallest absolute Gasteiger partial charge is 0.343 e. The first kappa shape index (κ1) is 14.8. The number of hydrogen-bond acceptors (Lipinski definition) is 4. The summed E-state index contributed by atoms with van der Waals surface area (Å²) in [7, 11) is 1.46. The maximum atomic E-state index is 12.2. The van der Waals surface area contributed by atoms with Crippen LogP contribution in [0.3, 0.4) is 0 Å². The summed E-state index contributed by atoms with van der Waals surface area (Å²) >= 11 is 0. The Hall–Kier alpha value is -2.62. The molecule has 0 saturated carbocycles. The highest BCUT2D eigenvalue weighted by Gasteiger charge is 2.16. The lowest BCUT2D eigenvalue weighted by Crippen LogP contribution is -2.11. The molecule has 0 heterocycles. The number of carbonyl (C=O) groups is 2. The van der Waals surface area contributed by atoms with Gasteiger partial charge in [-0.3, -0.25) is 4.79 Å². The Balaban J connectivity index is 2.35. The van der Waals surface area contributed by atoms with Crippen molar-refractivity contribution < 1.29 is 19.1 Å². The molecular weight excluding hydrogens is 268 g/mol. The van der Waals surface area contributed by atoms with Gasteiger partial charge in [-0.25, -0.2) is 4.79 Å². The van der Waals surface area contributed by atoms with Gasteiger partial charge in [0.05, 0.1) is 18.2 Å². The van der Waals surface area contributed by atoms with Gasteiger partial charge < -0.3 is 9.47 Å². The molecule has 108 valence electrons. The molecule has 0 amide bonds. The van der Waals surface area contributed by atoms with Crippen LogP contribution in [0, 0.1) is 13.8 Å². The number of para-hydroxylation sites is 1. The molecule has 21 heavy (non-hydrogen) atoms. The predicted octanol–water partition coefficient (Wildman–Crippen LogP) is 3.34. The van der Waals surface area contributed by atoms with Crippen molar-refractivity contribution in [1.82, 2.24) is 0 Å². The molecule has 2 aromatic carbocycles. The normalized spacial score (nSPS) is 10.0. The van der Waals surface area contributed by atoms with Crippen molar-refractivity contribution in [3.63, 3.8) is 0 Å². The minimum Gasteiger partial charge on any atom is -0.493 e. The van der Waals surface area contributed by atoms with E-state index in [1.165, 1.54) is 7.11 Å². The fourth-order valence-electron chi connectivity index (χ4n) is 1.92. The van der Waals surface area contributed by atoms with Crippen LogP contribution in [0.1, 0.15) is 31.8 Å². The van der Waals surface area contributed by atoms with Gasteiger partial charge in [0.1, 0.15) is 0 Å². The van der Waals surface area contributed by atoms with Crippen LogP contribution >= 0.6 is 0 Å². The van der Waals surface area contributed by atoms with E-state index in [1.807, 2.05) is 19.9 Å². The Bertz CT molecular complexity index is 689. The highest BCUT2D eigenvalue weighted by molar-refractivity contribution is 5.93. The summed E-state index contributed by atoms with van der Waals surface area (Å²) in [6.45, 7) is 3.89. The van der Waals surface area contributed by atoms with E-state index in [0.717, 1.165) is 11.1 Å². The van der Waals surface area contributed by atoms with Crippen LogP contribution in [-0.4, -0.2) is 19.4 Å². The maximum Gasteiger partial charge on any atom is 0.343 e. The molecule has 0 spiro atoms. The number of carbonyl (C=O) groups excluding carboxylic acids is 2. The summed E-state index contributed by atoms with van der Waals surface area (Å²) in [5, 5.41) is 0. The van der Waals surface area contributed by atoms with Gasteiger partial charge in [-0.1, -0.05) is 12.1 Å². The minimum atomic E-state index is -0.522. The highest BCUT2D eigenvalue weighted by atomic mass is 16.6. The van der Waals surface area contributed by atoms with Crippen molar-refractivity contribution >= 4 is 12.3 Å². The van der Waals surface area contributed by atoms with E-state index in [2.05, 4.69) is 0 Å². The molecule has 0 unspecified atom stereocenters. The second kappa shape index (κ2) is 6.22. The Morgan fingerprint density at radius 1 is 1.10 bits per heavy atom. The van der Waals surface area contributed by atoms with Crippen LogP contribution < -0.4 is 9.47 Å². The quantitative estimate of drug-likeness (QED) is 0.491. The Labute approximate surface area is 123 Å². The van der Waals surface area contributed by atoms with Gasteiger partial charge in [-0.15, -0.1) is 0 Å². The fraction of sp³-hybridized carbons (Fsp3) is 0.176. The summed E-state index contributed by atoms with van der Waals surface area (Å²) in [6.07, 6.45) is 0.630. The van der Waals surface area contributed by atoms with E-state index in [0.29, 0.717) is 17.6 Å². The van der Waals surface area contributed by atoms with Crippen LogP contribution in [0.15, 0.2) is 36.4 Å². The SMILES string of the molecule is COc1cccc(C=O)c1OC(=O)c1ccc(C)c(C)c1. The van der Waals surface area contributed by atoms with Gasteiger partial charge in [0.2, 0.25) is 0 Å². The number of aryl methyl sites for hydroxylation is 2. The molecule has 0 N–H and O–H groups in total. The number of hydrogen-bond donors (Lipinski definition) is 0. The number of ether oxygens (including phenoxy) is 2. The van der Waals surface area contributed by atoms with Crippen LogP contribution in [0.25, 0.3) is 0 Å². The van der Waals surface area contributed by atoms with E-state index < -0.39 is 5.97 Å². The predicted molar refractivity (Wildman–Crippen MR) is 79.3 cm³/mol. The molecule has 0 radical (unpaired) electrons. The van der Waals surface area contributed by atoms with E-state index in [-0.39, 0.29) is 11.3 Å². The number of rotatable bonds is 4. The average molecular weight is 284 g/mol. The molecule has 0 atom stereocenters. The number of aldehydes is 1. The van der Waals surface area contributed by atoms with Crippen LogP contribution in [0.2, 0.25) is 0 Å². The summed E-state index contributed by atoms with van der Waals surface area (Å²) in [5.41, 5.74) is 2.80. The van der Waals surface area contributed by atoms with Gasteiger partial charge in [-0.2, -0.15) is 0 Å². The monoisotopic (exact) mass is 284 g/mol. The topological polar surface area (TPSA) is 52.6 Å². The lowest BCUT2D eigenvalue weighted by Gasteiger charge is -2.11. The average Bonchev–Trinajstić information content (AvgIpc) is 2.50. The Kier molecular flexibility index (Phi) is 4.38. The second-order valence-corrected chi connectivity index (χ2v) is 4.69. The largest absolute Gasteiger partial charge is 0.493 e. The number of benzene rings is 2. The molecule has 2 rings (SSSR count). The van der Waals surface area contributed by atoms with Crippen molar-refractivity contribution in [2.24, 2.45) is 0 Å². The van der Waals surface area contributed by atoms with Gasteiger partial charge in [-0.05, 0) is 49.2 Å². The first-order chi connectivity index (χ1) is 10.1. The molecule has 0 aliphatic rings. The Morgan fingerprint density at radius 2 is 1.86 bits per heavy atom. The molecule has 4 nitrogen and oxygen atoms in total. The third-order valence-electron chi connectivity index (χ3n) is 3.29. The number of methoxy groups -OCH3 is 1. The molecule has 0 saturated heterocycles. The lowest BCUT2D eigenvalue weighted by molar-refractivity contribution is 0.0728. The lowest BCUT2D eigenvalue weighted by atomic mass is 10.1. The fourth-order valence-corrected chi connectivity index (χ4v) is 1.92. The van der Waals surface area contributed by atoms with Crippen LogP contribution in [0.5, 0.6) is 11.5 Å². The summed E-state index contributed by atoms with van der Waals surface area (Å²) in [4.78, 5) is 23.3. The standard InChI is InChI=1S/C17H16O4/c1-11-7-8-13(9-12(11)2)17(19)21-16-14(10-18)5-4-6-15(16)20-3/h4-10H,1-3H3. The van der Waals surface area contributed by atoms with Gasteiger partial charge in [0.15, 0.2) is 17.8 Å². The third kappa shape index (κ3) is 3.11. The molecule has 0 aliphatic heterocycles. The summed E-state index contributed by atoms with van der Waals surface area (Å²) < 4.78 is 10.5. The first-order valence-electron chi connectivity index (χ1n) is 6.48. The van der Waals surface area contributed by atoms with Crippen molar-refractivity contribution in [2.75, 3.05) is 7.11 Å². The maximum absolute atomic E-state index is 12.2. The molecule has 0 aromatic heterocycles. The molecule has 4 heteroatoms. The zero-order valence-corrected chi connectivity index (χ0v) is 12.2. The molecular formula is C17H16O4. The van der Waals surface area contributed by atoms with Crippen LogP contribution in [0.4, 0.5) is 0 Å². The molecule has 0 bridgehead atoms. The second-order valence-electron chi connectivity index (χ2n) is 4.69. The van der Waals surface area contributed by atoms with Crippen molar-refractivity contribution in [3.05, 3.63) is 58.7 Å². The zero-order chi connectivity index (χ0) is 15.4. The van der Waals surface area contributed by atoms with E-state index >= 15 is 0 Å². The molecule has 2 aromatic rings. The van der Waals surface area contributed by atoms with Crippen molar-refractivity contribution in [3.8, 4) is 11.5 Å².